The highest BCUT2D eigenvalue weighted by Gasteiger charge is 2.14. The van der Waals surface area contributed by atoms with Crippen molar-refractivity contribution in [3.05, 3.63) is 29.8 Å². The third-order valence-electron chi connectivity index (χ3n) is 2.86. The van der Waals surface area contributed by atoms with Crippen LogP contribution in [0.2, 0.25) is 0 Å². The van der Waals surface area contributed by atoms with Crippen LogP contribution in [0.25, 0.3) is 0 Å². The van der Waals surface area contributed by atoms with Crippen LogP contribution >= 0.6 is 0 Å². The van der Waals surface area contributed by atoms with Crippen molar-refractivity contribution in [2.24, 2.45) is 5.92 Å². The zero-order valence-electron chi connectivity index (χ0n) is 11.3. The van der Waals surface area contributed by atoms with Gasteiger partial charge in [-0.2, -0.15) is 0 Å². The second kappa shape index (κ2) is 7.01. The number of para-hydroxylation sites is 1. The Labute approximate surface area is 109 Å². The van der Waals surface area contributed by atoms with E-state index in [1.807, 2.05) is 31.2 Å². The van der Waals surface area contributed by atoms with E-state index in [4.69, 9.17) is 10.5 Å². The van der Waals surface area contributed by atoms with Crippen LogP contribution in [0.5, 0.6) is 0 Å². The van der Waals surface area contributed by atoms with Gasteiger partial charge in [0.1, 0.15) is 0 Å². The summed E-state index contributed by atoms with van der Waals surface area (Å²) in [4.78, 5) is 13.7. The van der Waals surface area contributed by atoms with Crippen LogP contribution in [-0.4, -0.2) is 31.6 Å². The van der Waals surface area contributed by atoms with Crippen LogP contribution in [0.15, 0.2) is 24.3 Å². The molecule has 0 radical (unpaired) electrons. The van der Waals surface area contributed by atoms with Gasteiger partial charge in [0.2, 0.25) is 5.91 Å². The summed E-state index contributed by atoms with van der Waals surface area (Å²) >= 11 is 0. The topological polar surface area (TPSA) is 55.6 Å². The molecule has 1 amide bonds. The molecule has 0 saturated heterocycles. The third kappa shape index (κ3) is 4.37. The molecule has 1 atom stereocenters. The van der Waals surface area contributed by atoms with E-state index in [0.29, 0.717) is 19.6 Å². The molecule has 0 spiro atoms. The van der Waals surface area contributed by atoms with Crippen molar-refractivity contribution < 1.29 is 9.53 Å². The number of carbonyl (C=O) groups is 1. The third-order valence-corrected chi connectivity index (χ3v) is 2.86. The summed E-state index contributed by atoms with van der Waals surface area (Å²) in [5.74, 6) is 0.348. The minimum atomic E-state index is 0.114. The Bertz CT molecular complexity index is 393. The van der Waals surface area contributed by atoms with Crippen LogP contribution < -0.4 is 5.73 Å². The minimum Gasteiger partial charge on any atom is -0.398 e. The Morgan fingerprint density at radius 2 is 2.11 bits per heavy atom. The molecule has 0 fully saturated rings. The molecular formula is C14H22N2O2. The maximum absolute atomic E-state index is 12.0. The van der Waals surface area contributed by atoms with E-state index < -0.39 is 0 Å². The lowest BCUT2D eigenvalue weighted by Gasteiger charge is -2.20. The maximum atomic E-state index is 12.0. The number of hydrogen-bond donors (Lipinski definition) is 1. The van der Waals surface area contributed by atoms with E-state index in [1.54, 1.807) is 19.1 Å². The van der Waals surface area contributed by atoms with E-state index in [2.05, 4.69) is 0 Å². The lowest BCUT2D eigenvalue weighted by atomic mass is 10.1. The molecule has 4 nitrogen and oxygen atoms in total. The summed E-state index contributed by atoms with van der Waals surface area (Å²) in [6.45, 7) is 3.16. The molecule has 2 N–H and O–H groups in total. The van der Waals surface area contributed by atoms with Crippen molar-refractivity contribution >= 4 is 11.6 Å². The summed E-state index contributed by atoms with van der Waals surface area (Å²) < 4.78 is 5.03. The monoisotopic (exact) mass is 250 g/mol. The van der Waals surface area contributed by atoms with E-state index in [1.165, 1.54) is 0 Å². The first-order valence-corrected chi connectivity index (χ1v) is 6.11. The summed E-state index contributed by atoms with van der Waals surface area (Å²) in [6, 6.07) is 7.61. The molecule has 0 aliphatic carbocycles. The van der Waals surface area contributed by atoms with Crippen molar-refractivity contribution in [2.45, 2.75) is 19.9 Å². The lowest BCUT2D eigenvalue weighted by Crippen LogP contribution is -2.28. The fourth-order valence-corrected chi connectivity index (χ4v) is 1.82. The Morgan fingerprint density at radius 3 is 2.72 bits per heavy atom. The molecule has 0 aliphatic rings. The number of benzene rings is 1. The van der Waals surface area contributed by atoms with Gasteiger partial charge in [-0.3, -0.25) is 4.79 Å². The van der Waals surface area contributed by atoms with Gasteiger partial charge in [0.25, 0.3) is 0 Å². The van der Waals surface area contributed by atoms with Crippen LogP contribution in [0.4, 0.5) is 5.69 Å². The largest absolute Gasteiger partial charge is 0.398 e. The Morgan fingerprint density at radius 1 is 1.44 bits per heavy atom. The number of nitrogens with two attached hydrogens (primary N) is 1. The van der Waals surface area contributed by atoms with Gasteiger partial charge >= 0.3 is 0 Å². The van der Waals surface area contributed by atoms with Crippen molar-refractivity contribution in [1.82, 2.24) is 4.90 Å². The van der Waals surface area contributed by atoms with Crippen LogP contribution in [-0.2, 0) is 16.1 Å². The lowest BCUT2D eigenvalue weighted by molar-refractivity contribution is -0.131. The normalized spacial score (nSPS) is 12.2. The van der Waals surface area contributed by atoms with Gasteiger partial charge < -0.3 is 15.4 Å². The number of nitrogens with zero attached hydrogens (tertiary/aromatic N) is 1. The molecule has 18 heavy (non-hydrogen) atoms. The number of methoxy groups -OCH3 is 1. The molecule has 0 aliphatic heterocycles. The van der Waals surface area contributed by atoms with E-state index in [0.717, 1.165) is 11.3 Å². The molecule has 4 heteroatoms. The molecule has 0 saturated carbocycles. The number of hydrogen-bond acceptors (Lipinski definition) is 3. The summed E-state index contributed by atoms with van der Waals surface area (Å²) in [5.41, 5.74) is 7.56. The first-order valence-electron chi connectivity index (χ1n) is 6.11. The van der Waals surface area contributed by atoms with Gasteiger partial charge in [0.05, 0.1) is 0 Å². The Balaban J connectivity index is 2.52. The van der Waals surface area contributed by atoms with Gasteiger partial charge in [-0.15, -0.1) is 0 Å². The molecule has 1 unspecified atom stereocenters. The minimum absolute atomic E-state index is 0.114. The predicted octanol–water partition coefficient (Wildman–Crippen LogP) is 1.90. The fourth-order valence-electron chi connectivity index (χ4n) is 1.82. The highest BCUT2D eigenvalue weighted by molar-refractivity contribution is 5.76. The number of amides is 1. The molecule has 1 aromatic rings. The van der Waals surface area contributed by atoms with E-state index in [-0.39, 0.29) is 11.8 Å². The Kier molecular flexibility index (Phi) is 5.65. The van der Waals surface area contributed by atoms with Crippen molar-refractivity contribution in [2.75, 3.05) is 26.5 Å². The molecular weight excluding hydrogens is 228 g/mol. The number of carbonyl (C=O) groups excluding carboxylic acids is 1. The first-order chi connectivity index (χ1) is 8.54. The SMILES string of the molecule is COCC(C)CC(=O)N(C)Cc1ccccc1N. The van der Waals surface area contributed by atoms with Gasteiger partial charge in [-0.1, -0.05) is 25.1 Å². The predicted molar refractivity (Wildman–Crippen MR) is 73.0 cm³/mol. The summed E-state index contributed by atoms with van der Waals surface area (Å²) in [7, 11) is 3.45. The highest BCUT2D eigenvalue weighted by atomic mass is 16.5. The molecule has 100 valence electrons. The van der Waals surface area contributed by atoms with Crippen molar-refractivity contribution in [3.8, 4) is 0 Å². The molecule has 0 aromatic heterocycles. The number of ether oxygens (including phenoxy) is 1. The number of nitrogen functional groups attached to an aromatic ring is 1. The zero-order chi connectivity index (χ0) is 13.5. The van der Waals surface area contributed by atoms with Gasteiger partial charge in [-0.05, 0) is 17.5 Å². The summed E-state index contributed by atoms with van der Waals surface area (Å²) in [6.07, 6.45) is 0.497. The average Bonchev–Trinajstić information content (AvgIpc) is 2.32. The van der Waals surface area contributed by atoms with Gasteiger partial charge in [0.15, 0.2) is 0 Å². The zero-order valence-corrected chi connectivity index (χ0v) is 11.3. The highest BCUT2D eigenvalue weighted by Crippen LogP contribution is 2.14. The van der Waals surface area contributed by atoms with Crippen LogP contribution in [0.3, 0.4) is 0 Å². The van der Waals surface area contributed by atoms with Gasteiger partial charge in [-0.25, -0.2) is 0 Å². The standard InChI is InChI=1S/C14H22N2O2/c1-11(10-18-3)8-14(17)16(2)9-12-6-4-5-7-13(12)15/h4-7,11H,8-10,15H2,1-3H3. The maximum Gasteiger partial charge on any atom is 0.222 e. The average molecular weight is 250 g/mol. The fraction of sp³-hybridized carbons (Fsp3) is 0.500. The smallest absolute Gasteiger partial charge is 0.222 e. The second-order valence-corrected chi connectivity index (χ2v) is 4.71. The van der Waals surface area contributed by atoms with Crippen molar-refractivity contribution in [1.29, 1.82) is 0 Å². The van der Waals surface area contributed by atoms with Gasteiger partial charge in [0, 0.05) is 39.4 Å². The van der Waals surface area contributed by atoms with E-state index in [9.17, 15) is 4.79 Å². The summed E-state index contributed by atoms with van der Waals surface area (Å²) in [5, 5.41) is 0. The number of anilines is 1. The van der Waals surface area contributed by atoms with Crippen LogP contribution in [0.1, 0.15) is 18.9 Å². The first kappa shape index (κ1) is 14.5. The molecule has 0 bridgehead atoms. The van der Waals surface area contributed by atoms with E-state index >= 15 is 0 Å². The molecule has 0 heterocycles. The number of rotatable bonds is 6. The quantitative estimate of drug-likeness (QED) is 0.784. The Hall–Kier alpha value is -1.55. The molecule has 1 rings (SSSR count). The van der Waals surface area contributed by atoms with Crippen molar-refractivity contribution in [3.63, 3.8) is 0 Å². The van der Waals surface area contributed by atoms with Crippen LogP contribution in [0, 0.1) is 5.92 Å². The molecule has 1 aromatic carbocycles. The second-order valence-electron chi connectivity index (χ2n) is 4.71.